The van der Waals surface area contributed by atoms with Crippen molar-refractivity contribution in [3.8, 4) is 11.5 Å². The van der Waals surface area contributed by atoms with Crippen LogP contribution < -0.4 is 0 Å². The van der Waals surface area contributed by atoms with Crippen LogP contribution in [-0.4, -0.2) is 35.1 Å². The van der Waals surface area contributed by atoms with Gasteiger partial charge < -0.3 is 15.1 Å². The van der Waals surface area contributed by atoms with E-state index in [9.17, 15) is 4.79 Å². The monoisotopic (exact) mass is 289 g/mol. The van der Waals surface area contributed by atoms with Crippen molar-refractivity contribution in [1.29, 1.82) is 0 Å². The summed E-state index contributed by atoms with van der Waals surface area (Å²) in [6, 6.07) is 14.9. The summed E-state index contributed by atoms with van der Waals surface area (Å²) in [7, 11) is 3.38. The number of hydrogen-bond donors (Lipinski definition) is 2. The quantitative estimate of drug-likeness (QED) is 0.844. The van der Waals surface area contributed by atoms with Gasteiger partial charge >= 0.3 is 0 Å². The second-order valence-corrected chi connectivity index (χ2v) is 4.08. The lowest BCUT2D eigenvalue weighted by atomic mass is 10.2. The Bertz CT molecular complexity index is 507. The van der Waals surface area contributed by atoms with Crippen molar-refractivity contribution >= 4 is 5.91 Å². The van der Waals surface area contributed by atoms with Crippen molar-refractivity contribution in [3.05, 3.63) is 60.2 Å². The Morgan fingerprint density at radius 2 is 1.24 bits per heavy atom. The lowest BCUT2D eigenvalue weighted by molar-refractivity contribution is 0.0827. The third-order valence-electron chi connectivity index (χ3n) is 2.28. The molecule has 1 amide bonds. The first kappa shape index (κ1) is 18.5. The first-order valence-corrected chi connectivity index (χ1v) is 6.75. The van der Waals surface area contributed by atoms with Crippen LogP contribution in [0.2, 0.25) is 0 Å². The highest BCUT2D eigenvalue weighted by molar-refractivity contribution is 5.93. The van der Waals surface area contributed by atoms with Gasteiger partial charge in [-0.15, -0.1) is 0 Å². The van der Waals surface area contributed by atoms with Crippen LogP contribution in [0, 0.1) is 0 Å². The van der Waals surface area contributed by atoms with Crippen LogP contribution in [-0.2, 0) is 0 Å². The van der Waals surface area contributed by atoms with E-state index >= 15 is 0 Å². The summed E-state index contributed by atoms with van der Waals surface area (Å²) in [4.78, 5) is 12.8. The van der Waals surface area contributed by atoms with Crippen LogP contribution in [0.25, 0.3) is 0 Å². The van der Waals surface area contributed by atoms with E-state index in [0.29, 0.717) is 11.3 Å². The maximum atomic E-state index is 11.3. The van der Waals surface area contributed by atoms with Gasteiger partial charge in [0.05, 0.1) is 0 Å². The van der Waals surface area contributed by atoms with E-state index in [-0.39, 0.29) is 11.7 Å². The molecule has 21 heavy (non-hydrogen) atoms. The van der Waals surface area contributed by atoms with Crippen LogP contribution in [0.5, 0.6) is 11.5 Å². The van der Waals surface area contributed by atoms with E-state index in [4.69, 9.17) is 10.2 Å². The Labute approximate surface area is 126 Å². The minimum Gasteiger partial charge on any atom is -0.508 e. The molecule has 114 valence electrons. The Morgan fingerprint density at radius 3 is 1.57 bits per heavy atom. The Balaban J connectivity index is 0.000000377. The number of benzene rings is 2. The first-order chi connectivity index (χ1) is 10.0. The van der Waals surface area contributed by atoms with Gasteiger partial charge in [-0.2, -0.15) is 0 Å². The van der Waals surface area contributed by atoms with Crippen molar-refractivity contribution in [2.75, 3.05) is 14.1 Å². The van der Waals surface area contributed by atoms with Gasteiger partial charge in [0.15, 0.2) is 0 Å². The standard InChI is InChI=1S/C9H11NO2.C6H6O.C2H6/c1-10(2)9(12)7-3-5-8(11)6-4-7;7-6-4-2-1-3-5-6;1-2/h3-6,11H,1-2H3;1-5,7H;1-2H3. The lowest BCUT2D eigenvalue weighted by Gasteiger charge is -2.09. The Hall–Kier alpha value is -2.49. The number of carbonyl (C=O) groups is 1. The molecule has 4 nitrogen and oxygen atoms in total. The molecule has 0 fully saturated rings. The number of nitrogens with zero attached hydrogens (tertiary/aromatic N) is 1. The number of para-hydroxylation sites is 1. The molecule has 2 rings (SSSR count). The van der Waals surface area contributed by atoms with Crippen LogP contribution in [0.1, 0.15) is 24.2 Å². The third kappa shape index (κ3) is 7.62. The molecule has 2 aromatic rings. The molecule has 2 N–H and O–H groups in total. The van der Waals surface area contributed by atoms with Gasteiger partial charge in [0.1, 0.15) is 11.5 Å². The van der Waals surface area contributed by atoms with Gasteiger partial charge in [0.2, 0.25) is 0 Å². The molecule has 0 aromatic heterocycles. The minimum absolute atomic E-state index is 0.0602. The van der Waals surface area contributed by atoms with E-state index in [2.05, 4.69) is 0 Å². The molecule has 0 radical (unpaired) electrons. The highest BCUT2D eigenvalue weighted by Crippen LogP contribution is 2.10. The molecular weight excluding hydrogens is 266 g/mol. The van der Waals surface area contributed by atoms with Gasteiger partial charge in [-0.3, -0.25) is 4.79 Å². The van der Waals surface area contributed by atoms with E-state index in [1.54, 1.807) is 50.5 Å². The second-order valence-electron chi connectivity index (χ2n) is 4.08. The first-order valence-electron chi connectivity index (χ1n) is 6.75. The maximum absolute atomic E-state index is 11.3. The topological polar surface area (TPSA) is 60.8 Å². The highest BCUT2D eigenvalue weighted by Gasteiger charge is 2.06. The Kier molecular flexibility index (Phi) is 9.09. The van der Waals surface area contributed by atoms with Crippen molar-refractivity contribution in [2.45, 2.75) is 13.8 Å². The number of aromatic hydroxyl groups is 2. The van der Waals surface area contributed by atoms with Gasteiger partial charge in [-0.05, 0) is 36.4 Å². The smallest absolute Gasteiger partial charge is 0.253 e. The van der Waals surface area contributed by atoms with Gasteiger partial charge in [0.25, 0.3) is 5.91 Å². The molecule has 0 aliphatic heterocycles. The van der Waals surface area contributed by atoms with Gasteiger partial charge in [-0.25, -0.2) is 0 Å². The summed E-state index contributed by atoms with van der Waals surface area (Å²) in [5.74, 6) is 0.433. The number of rotatable bonds is 1. The second kappa shape index (κ2) is 10.3. The third-order valence-corrected chi connectivity index (χ3v) is 2.28. The molecule has 0 aliphatic rings. The molecule has 2 aromatic carbocycles. The summed E-state index contributed by atoms with van der Waals surface area (Å²) in [6.45, 7) is 4.00. The van der Waals surface area contributed by atoms with Gasteiger partial charge in [-0.1, -0.05) is 32.0 Å². The molecule has 0 saturated carbocycles. The molecule has 0 atom stereocenters. The minimum atomic E-state index is -0.0602. The number of hydrogen-bond acceptors (Lipinski definition) is 3. The maximum Gasteiger partial charge on any atom is 0.253 e. The van der Waals surface area contributed by atoms with Crippen molar-refractivity contribution in [1.82, 2.24) is 4.90 Å². The summed E-state index contributed by atoms with van der Waals surface area (Å²) in [6.07, 6.45) is 0. The molecule has 0 spiro atoms. The number of phenolic OH excluding ortho intramolecular Hbond substituents is 2. The lowest BCUT2D eigenvalue weighted by Crippen LogP contribution is -2.21. The fourth-order valence-corrected chi connectivity index (χ4v) is 1.29. The summed E-state index contributed by atoms with van der Waals surface area (Å²) in [5, 5.41) is 17.6. The zero-order chi connectivity index (χ0) is 16.3. The van der Waals surface area contributed by atoms with Crippen LogP contribution >= 0.6 is 0 Å². The van der Waals surface area contributed by atoms with E-state index < -0.39 is 0 Å². The fourth-order valence-electron chi connectivity index (χ4n) is 1.29. The normalized spacial score (nSPS) is 8.57. The molecule has 0 saturated heterocycles. The molecule has 0 heterocycles. The molecule has 0 aliphatic carbocycles. The van der Waals surface area contributed by atoms with Crippen molar-refractivity contribution in [2.24, 2.45) is 0 Å². The van der Waals surface area contributed by atoms with Crippen molar-refractivity contribution < 1.29 is 15.0 Å². The predicted octanol–water partition coefficient (Wildman–Crippen LogP) is 3.51. The average molecular weight is 289 g/mol. The zero-order valence-corrected chi connectivity index (χ0v) is 12.9. The van der Waals surface area contributed by atoms with Crippen LogP contribution in [0.15, 0.2) is 54.6 Å². The molecule has 0 unspecified atom stereocenters. The van der Waals surface area contributed by atoms with Crippen LogP contribution in [0.4, 0.5) is 0 Å². The average Bonchev–Trinajstić information content (AvgIpc) is 2.51. The predicted molar refractivity (Wildman–Crippen MR) is 85.6 cm³/mol. The summed E-state index contributed by atoms with van der Waals surface area (Å²) >= 11 is 0. The zero-order valence-electron chi connectivity index (χ0n) is 12.9. The summed E-state index contributed by atoms with van der Waals surface area (Å²) in [5.41, 5.74) is 0.581. The highest BCUT2D eigenvalue weighted by atomic mass is 16.3. The van der Waals surface area contributed by atoms with E-state index in [1.807, 2.05) is 19.9 Å². The molecule has 4 heteroatoms. The van der Waals surface area contributed by atoms with Gasteiger partial charge in [0, 0.05) is 19.7 Å². The van der Waals surface area contributed by atoms with Crippen molar-refractivity contribution in [3.63, 3.8) is 0 Å². The van der Waals surface area contributed by atoms with E-state index in [1.165, 1.54) is 17.0 Å². The molecular formula is C17H23NO3. The fraction of sp³-hybridized carbons (Fsp3) is 0.235. The van der Waals surface area contributed by atoms with E-state index in [0.717, 1.165) is 0 Å². The summed E-state index contributed by atoms with van der Waals surface area (Å²) < 4.78 is 0. The Morgan fingerprint density at radius 1 is 0.810 bits per heavy atom. The SMILES string of the molecule is CC.CN(C)C(=O)c1ccc(O)cc1.Oc1ccccc1. The van der Waals surface area contributed by atoms with Crippen LogP contribution in [0.3, 0.4) is 0 Å². The number of phenols is 2. The number of amides is 1. The number of carbonyl (C=O) groups excluding carboxylic acids is 1. The molecule has 0 bridgehead atoms. The largest absolute Gasteiger partial charge is 0.508 e.